The number of primary amides is 1. The van der Waals surface area contributed by atoms with Gasteiger partial charge < -0.3 is 10.8 Å². The number of aromatic carboxylic acids is 1. The van der Waals surface area contributed by atoms with Crippen molar-refractivity contribution in [1.82, 2.24) is 0 Å². The van der Waals surface area contributed by atoms with Gasteiger partial charge in [0.15, 0.2) is 0 Å². The van der Waals surface area contributed by atoms with E-state index in [4.69, 9.17) is 10.8 Å². The number of carboxylic acid groups (broad SMARTS) is 1. The summed E-state index contributed by atoms with van der Waals surface area (Å²) in [6, 6.07) is 3.11. The van der Waals surface area contributed by atoms with Gasteiger partial charge >= 0.3 is 5.97 Å². The third kappa shape index (κ3) is 3.04. The first-order chi connectivity index (χ1) is 7.91. The molecule has 0 heterocycles. The van der Waals surface area contributed by atoms with Crippen LogP contribution in [0.5, 0.6) is 0 Å². The number of nitrogens with two attached hydrogens (primary N) is 1. The van der Waals surface area contributed by atoms with E-state index >= 15 is 0 Å². The molecule has 86 valence electrons. The topological polar surface area (TPSA) is 124 Å². The van der Waals surface area contributed by atoms with Crippen LogP contribution in [0.3, 0.4) is 0 Å². The monoisotopic (exact) mass is 234 g/mol. The first kappa shape index (κ1) is 12.2. The summed E-state index contributed by atoms with van der Waals surface area (Å²) in [5, 5.41) is 19.3. The average molecular weight is 234 g/mol. The lowest BCUT2D eigenvalue weighted by Crippen LogP contribution is -2.07. The van der Waals surface area contributed by atoms with E-state index in [1.807, 2.05) is 5.92 Å². The summed E-state index contributed by atoms with van der Waals surface area (Å²) in [6.07, 6.45) is 0. The minimum atomic E-state index is -1.37. The van der Waals surface area contributed by atoms with Crippen LogP contribution in [0.4, 0.5) is 5.69 Å². The molecular weight excluding hydrogens is 228 g/mol. The van der Waals surface area contributed by atoms with Crippen LogP contribution in [0.15, 0.2) is 18.2 Å². The van der Waals surface area contributed by atoms with Gasteiger partial charge in [0.25, 0.3) is 11.6 Å². The molecule has 3 N–H and O–H groups in total. The molecule has 1 amide bonds. The van der Waals surface area contributed by atoms with Crippen molar-refractivity contribution in [2.75, 3.05) is 0 Å². The number of rotatable bonds is 2. The highest BCUT2D eigenvalue weighted by molar-refractivity contribution is 5.95. The molecule has 7 nitrogen and oxygen atoms in total. The maximum atomic E-state index is 10.8. The SMILES string of the molecule is NC(=O)C#Cc1ccc([N+](=O)[O-])cc1C(=O)O. The first-order valence-corrected chi connectivity index (χ1v) is 4.25. The van der Waals surface area contributed by atoms with E-state index in [9.17, 15) is 19.7 Å². The number of carbonyl (C=O) groups is 2. The van der Waals surface area contributed by atoms with Crippen molar-refractivity contribution in [1.29, 1.82) is 0 Å². The van der Waals surface area contributed by atoms with Crippen LogP contribution in [0.1, 0.15) is 15.9 Å². The minimum absolute atomic E-state index is 0.0121. The van der Waals surface area contributed by atoms with Crippen LogP contribution in [0.2, 0.25) is 0 Å². The van der Waals surface area contributed by atoms with Crippen molar-refractivity contribution in [3.8, 4) is 11.8 Å². The van der Waals surface area contributed by atoms with Gasteiger partial charge in [-0.25, -0.2) is 4.79 Å². The summed E-state index contributed by atoms with van der Waals surface area (Å²) < 4.78 is 0. The maximum absolute atomic E-state index is 10.8. The number of hydrogen-bond acceptors (Lipinski definition) is 4. The first-order valence-electron chi connectivity index (χ1n) is 4.25. The Balaban J connectivity index is 3.34. The third-order valence-electron chi connectivity index (χ3n) is 1.76. The molecule has 1 rings (SSSR count). The summed E-state index contributed by atoms with van der Waals surface area (Å²) >= 11 is 0. The second kappa shape index (κ2) is 4.76. The number of carboxylic acids is 1. The predicted octanol–water partition coefficient (Wildman–Crippen LogP) is 0.130. The number of nitrogens with zero attached hydrogens (tertiary/aromatic N) is 1. The molecule has 0 aliphatic rings. The van der Waals surface area contributed by atoms with Gasteiger partial charge in [-0.3, -0.25) is 14.9 Å². The zero-order valence-electron chi connectivity index (χ0n) is 8.34. The molecule has 0 saturated heterocycles. The molecular formula is C10H6N2O5. The van der Waals surface area contributed by atoms with E-state index in [-0.39, 0.29) is 16.8 Å². The number of amides is 1. The molecule has 7 heteroatoms. The molecule has 0 aromatic heterocycles. The maximum Gasteiger partial charge on any atom is 0.337 e. The van der Waals surface area contributed by atoms with Gasteiger partial charge in [-0.15, -0.1) is 0 Å². The Labute approximate surface area is 95.0 Å². The van der Waals surface area contributed by atoms with Crippen molar-refractivity contribution in [2.45, 2.75) is 0 Å². The van der Waals surface area contributed by atoms with Gasteiger partial charge in [-0.2, -0.15) is 0 Å². The fourth-order valence-corrected chi connectivity index (χ4v) is 1.06. The van der Waals surface area contributed by atoms with Gasteiger partial charge in [-0.05, 0) is 6.07 Å². The van der Waals surface area contributed by atoms with Crippen molar-refractivity contribution < 1.29 is 19.6 Å². The molecule has 1 aromatic carbocycles. The zero-order valence-corrected chi connectivity index (χ0v) is 8.34. The predicted molar refractivity (Wildman–Crippen MR) is 56.1 cm³/mol. The second-order valence-electron chi connectivity index (χ2n) is 2.91. The van der Waals surface area contributed by atoms with E-state index in [1.54, 1.807) is 0 Å². The number of nitro groups is 1. The summed E-state index contributed by atoms with van der Waals surface area (Å²) in [5.41, 5.74) is 4.04. The Morgan fingerprint density at radius 2 is 2.06 bits per heavy atom. The molecule has 17 heavy (non-hydrogen) atoms. The zero-order chi connectivity index (χ0) is 13.0. The molecule has 0 fully saturated rings. The Hall–Kier alpha value is -2.88. The van der Waals surface area contributed by atoms with Crippen LogP contribution >= 0.6 is 0 Å². The quantitative estimate of drug-likeness (QED) is 0.427. The van der Waals surface area contributed by atoms with E-state index in [2.05, 4.69) is 5.92 Å². The normalized spacial score (nSPS) is 8.94. The van der Waals surface area contributed by atoms with E-state index in [1.165, 1.54) is 0 Å². The highest BCUT2D eigenvalue weighted by atomic mass is 16.6. The molecule has 0 unspecified atom stereocenters. The Morgan fingerprint density at radius 3 is 2.53 bits per heavy atom. The molecule has 0 aliphatic heterocycles. The summed E-state index contributed by atoms with van der Waals surface area (Å²) in [4.78, 5) is 31.0. The number of benzene rings is 1. The molecule has 1 aromatic rings. The Kier molecular flexibility index (Phi) is 3.41. The van der Waals surface area contributed by atoms with Crippen LogP contribution in [0, 0.1) is 22.0 Å². The highest BCUT2D eigenvalue weighted by Crippen LogP contribution is 2.17. The fourth-order valence-electron chi connectivity index (χ4n) is 1.06. The molecule has 0 radical (unpaired) electrons. The summed E-state index contributed by atoms with van der Waals surface area (Å²) in [5.74, 6) is 1.90. The molecule has 0 saturated carbocycles. The lowest BCUT2D eigenvalue weighted by atomic mass is 10.1. The van der Waals surface area contributed by atoms with Crippen molar-refractivity contribution in [3.05, 3.63) is 39.4 Å². The highest BCUT2D eigenvalue weighted by Gasteiger charge is 2.14. The Morgan fingerprint density at radius 1 is 1.41 bits per heavy atom. The summed E-state index contributed by atoms with van der Waals surface area (Å²) in [7, 11) is 0. The standard InChI is InChI=1S/C10H6N2O5/c11-9(13)4-2-6-1-3-7(12(16)17)5-8(6)10(14)15/h1,3,5H,(H2,11,13)(H,14,15). The smallest absolute Gasteiger partial charge is 0.337 e. The van der Waals surface area contributed by atoms with Gasteiger partial charge in [0.1, 0.15) is 0 Å². The Bertz CT molecular complexity index is 568. The lowest BCUT2D eigenvalue weighted by molar-refractivity contribution is -0.384. The third-order valence-corrected chi connectivity index (χ3v) is 1.76. The molecule has 0 spiro atoms. The van der Waals surface area contributed by atoms with Crippen LogP contribution in [0.25, 0.3) is 0 Å². The number of carbonyl (C=O) groups excluding carboxylic acids is 1. The van der Waals surface area contributed by atoms with E-state index in [0.717, 1.165) is 18.2 Å². The van der Waals surface area contributed by atoms with Gasteiger partial charge in [0.05, 0.1) is 10.5 Å². The van der Waals surface area contributed by atoms with E-state index in [0.29, 0.717) is 0 Å². The number of non-ortho nitro benzene ring substituents is 1. The summed E-state index contributed by atoms with van der Waals surface area (Å²) in [6.45, 7) is 0. The average Bonchev–Trinajstić information content (AvgIpc) is 2.25. The van der Waals surface area contributed by atoms with E-state index < -0.39 is 16.8 Å². The minimum Gasteiger partial charge on any atom is -0.478 e. The lowest BCUT2D eigenvalue weighted by Gasteiger charge is -1.98. The fraction of sp³-hybridized carbons (Fsp3) is 0. The molecule has 0 aliphatic carbocycles. The van der Waals surface area contributed by atoms with Crippen LogP contribution in [-0.2, 0) is 4.79 Å². The van der Waals surface area contributed by atoms with Crippen LogP contribution < -0.4 is 5.73 Å². The molecule has 0 atom stereocenters. The second-order valence-corrected chi connectivity index (χ2v) is 2.91. The molecule has 0 bridgehead atoms. The van der Waals surface area contributed by atoms with Gasteiger partial charge in [0, 0.05) is 23.6 Å². The largest absolute Gasteiger partial charge is 0.478 e. The van der Waals surface area contributed by atoms with Crippen molar-refractivity contribution in [2.24, 2.45) is 5.73 Å². The number of nitro benzene ring substituents is 1. The van der Waals surface area contributed by atoms with Gasteiger partial charge in [-0.1, -0.05) is 5.92 Å². The van der Waals surface area contributed by atoms with Gasteiger partial charge in [0.2, 0.25) is 0 Å². The number of hydrogen-bond donors (Lipinski definition) is 2. The van der Waals surface area contributed by atoms with Crippen molar-refractivity contribution in [3.63, 3.8) is 0 Å². The van der Waals surface area contributed by atoms with Crippen molar-refractivity contribution >= 4 is 17.6 Å². The van der Waals surface area contributed by atoms with Crippen LogP contribution in [-0.4, -0.2) is 21.9 Å².